The second kappa shape index (κ2) is 5.48. The summed E-state index contributed by atoms with van der Waals surface area (Å²) in [6.07, 6.45) is 2.07. The molecule has 0 saturated heterocycles. The van der Waals surface area contributed by atoms with Crippen molar-refractivity contribution in [1.82, 2.24) is 0 Å². The molecule has 0 N–H and O–H groups in total. The van der Waals surface area contributed by atoms with E-state index in [0.717, 1.165) is 6.04 Å². The number of allylic oxidation sites excluding steroid dienone is 2. The van der Waals surface area contributed by atoms with Crippen LogP contribution in [0.4, 0.5) is 0 Å². The van der Waals surface area contributed by atoms with Gasteiger partial charge < -0.3 is 13.3 Å². The minimum absolute atomic E-state index is 0.735. The minimum Gasteiger partial charge on any atom is -0.377 e. The highest BCUT2D eigenvalue weighted by molar-refractivity contribution is 6.61. The molecule has 0 rings (SSSR count). The van der Waals surface area contributed by atoms with Gasteiger partial charge in [-0.15, -0.1) is 0 Å². The van der Waals surface area contributed by atoms with Crippen molar-refractivity contribution < 1.29 is 13.3 Å². The summed E-state index contributed by atoms with van der Waals surface area (Å²) in [7, 11) is 2.51. The zero-order valence-corrected chi connectivity index (χ0v) is 9.51. The molecule has 0 aromatic heterocycles. The lowest BCUT2D eigenvalue weighted by molar-refractivity contribution is 0.127. The van der Waals surface area contributed by atoms with Crippen molar-refractivity contribution in [1.29, 1.82) is 0 Å². The van der Waals surface area contributed by atoms with Gasteiger partial charge in [-0.05, 0) is 13.8 Å². The largest absolute Gasteiger partial charge is 0.504 e. The molecule has 0 radical (unpaired) electrons. The molecule has 0 aliphatic carbocycles. The summed E-state index contributed by atoms with van der Waals surface area (Å²) in [4.78, 5) is 0. The van der Waals surface area contributed by atoms with Crippen LogP contribution in [0, 0.1) is 0 Å². The summed E-state index contributed by atoms with van der Waals surface area (Å²) in [6.45, 7) is 4.08. The Labute approximate surface area is 75.7 Å². The van der Waals surface area contributed by atoms with Crippen LogP contribution in [0.2, 0.25) is 6.04 Å². The van der Waals surface area contributed by atoms with E-state index in [4.69, 9.17) is 13.3 Å². The molecule has 0 fully saturated rings. The lowest BCUT2D eigenvalue weighted by atomic mass is 10.3. The maximum atomic E-state index is 5.24. The highest BCUT2D eigenvalue weighted by Gasteiger charge is 2.36. The fourth-order valence-electron chi connectivity index (χ4n) is 0.829. The second-order valence-electron chi connectivity index (χ2n) is 2.78. The van der Waals surface area contributed by atoms with Crippen LogP contribution in [0.25, 0.3) is 0 Å². The monoisotopic (exact) mass is 190 g/mol. The Morgan fingerprint density at radius 2 is 1.50 bits per heavy atom. The van der Waals surface area contributed by atoms with Crippen LogP contribution < -0.4 is 0 Å². The van der Waals surface area contributed by atoms with Gasteiger partial charge in [-0.3, -0.25) is 0 Å². The summed E-state index contributed by atoms with van der Waals surface area (Å²) < 4.78 is 15.7. The Morgan fingerprint density at radius 3 is 1.75 bits per heavy atom. The van der Waals surface area contributed by atoms with Crippen molar-refractivity contribution in [2.24, 2.45) is 0 Å². The lowest BCUT2D eigenvalue weighted by Crippen LogP contribution is -2.42. The van der Waals surface area contributed by atoms with E-state index in [-0.39, 0.29) is 0 Å². The maximum Gasteiger partial charge on any atom is 0.504 e. The molecule has 0 saturated carbocycles. The smallest absolute Gasteiger partial charge is 0.377 e. The van der Waals surface area contributed by atoms with Gasteiger partial charge in [0.1, 0.15) is 0 Å². The summed E-state index contributed by atoms with van der Waals surface area (Å²) in [5, 5.41) is 0. The van der Waals surface area contributed by atoms with Gasteiger partial charge in [0.2, 0.25) is 0 Å². The summed E-state index contributed by atoms with van der Waals surface area (Å²) in [5.41, 5.74) is 1.25. The van der Waals surface area contributed by atoms with E-state index in [2.05, 4.69) is 6.08 Å². The van der Waals surface area contributed by atoms with Crippen molar-refractivity contribution in [2.75, 3.05) is 21.3 Å². The van der Waals surface area contributed by atoms with E-state index in [0.29, 0.717) is 0 Å². The second-order valence-corrected chi connectivity index (χ2v) is 5.78. The molecular formula is C8H18O3Si. The van der Waals surface area contributed by atoms with Gasteiger partial charge in [-0.1, -0.05) is 11.6 Å². The van der Waals surface area contributed by atoms with Gasteiger partial charge in [-0.25, -0.2) is 0 Å². The van der Waals surface area contributed by atoms with Gasteiger partial charge in [-0.2, -0.15) is 0 Å². The Balaban J connectivity index is 4.20. The predicted molar refractivity (Wildman–Crippen MR) is 51.0 cm³/mol. The molecule has 0 unspecified atom stereocenters. The highest BCUT2D eigenvalue weighted by atomic mass is 28.4. The third-order valence-corrected chi connectivity index (χ3v) is 4.26. The Hall–Kier alpha value is -0.163. The topological polar surface area (TPSA) is 27.7 Å². The molecular weight excluding hydrogens is 172 g/mol. The molecule has 0 amide bonds. The number of rotatable bonds is 5. The molecule has 0 aromatic carbocycles. The number of hydrogen-bond donors (Lipinski definition) is 0. The average molecular weight is 190 g/mol. The fourth-order valence-corrected chi connectivity index (χ4v) is 2.49. The van der Waals surface area contributed by atoms with E-state index in [1.807, 2.05) is 13.8 Å². The van der Waals surface area contributed by atoms with Crippen molar-refractivity contribution in [2.45, 2.75) is 19.9 Å². The van der Waals surface area contributed by atoms with E-state index in [1.54, 1.807) is 21.3 Å². The normalized spacial score (nSPS) is 11.4. The predicted octanol–water partition coefficient (Wildman–Crippen LogP) is 1.83. The molecule has 0 bridgehead atoms. The molecule has 0 heterocycles. The van der Waals surface area contributed by atoms with Crippen LogP contribution in [0.5, 0.6) is 0 Å². The summed E-state index contributed by atoms with van der Waals surface area (Å²) in [5.74, 6) is 0. The van der Waals surface area contributed by atoms with Crippen molar-refractivity contribution in [3.8, 4) is 0 Å². The molecule has 3 nitrogen and oxygen atoms in total. The van der Waals surface area contributed by atoms with E-state index in [9.17, 15) is 0 Å². The first-order valence-electron chi connectivity index (χ1n) is 3.89. The Morgan fingerprint density at radius 1 is 1.08 bits per heavy atom. The van der Waals surface area contributed by atoms with Crippen molar-refractivity contribution >= 4 is 8.80 Å². The van der Waals surface area contributed by atoms with E-state index in [1.165, 1.54) is 5.57 Å². The molecule has 12 heavy (non-hydrogen) atoms. The minimum atomic E-state index is -2.36. The van der Waals surface area contributed by atoms with Crippen LogP contribution in [0.15, 0.2) is 11.6 Å². The molecule has 0 aromatic rings. The highest BCUT2D eigenvalue weighted by Crippen LogP contribution is 2.14. The molecule has 0 aliphatic rings. The zero-order valence-electron chi connectivity index (χ0n) is 8.51. The van der Waals surface area contributed by atoms with Gasteiger partial charge >= 0.3 is 8.80 Å². The van der Waals surface area contributed by atoms with E-state index < -0.39 is 8.80 Å². The van der Waals surface area contributed by atoms with Crippen LogP contribution in [0.3, 0.4) is 0 Å². The Bertz CT molecular complexity index is 140. The molecule has 0 aliphatic heterocycles. The van der Waals surface area contributed by atoms with Gasteiger partial charge in [0, 0.05) is 27.4 Å². The third-order valence-electron chi connectivity index (χ3n) is 1.69. The molecule has 4 heteroatoms. The van der Waals surface area contributed by atoms with Crippen LogP contribution in [-0.4, -0.2) is 30.1 Å². The average Bonchev–Trinajstić information content (AvgIpc) is 2.08. The molecule has 72 valence electrons. The first-order valence-corrected chi connectivity index (χ1v) is 5.82. The van der Waals surface area contributed by atoms with Gasteiger partial charge in [0.05, 0.1) is 0 Å². The fraction of sp³-hybridized carbons (Fsp3) is 0.750. The summed E-state index contributed by atoms with van der Waals surface area (Å²) in [6, 6.07) is 0.735. The Kier molecular flexibility index (Phi) is 5.40. The zero-order chi connectivity index (χ0) is 9.61. The van der Waals surface area contributed by atoms with Crippen LogP contribution in [-0.2, 0) is 13.3 Å². The lowest BCUT2D eigenvalue weighted by Gasteiger charge is -2.22. The van der Waals surface area contributed by atoms with E-state index >= 15 is 0 Å². The van der Waals surface area contributed by atoms with Crippen LogP contribution in [0.1, 0.15) is 13.8 Å². The van der Waals surface area contributed by atoms with Crippen LogP contribution >= 0.6 is 0 Å². The van der Waals surface area contributed by atoms with Gasteiger partial charge in [0.15, 0.2) is 0 Å². The number of hydrogen-bond acceptors (Lipinski definition) is 3. The molecule has 0 spiro atoms. The first kappa shape index (κ1) is 11.8. The molecule has 0 atom stereocenters. The van der Waals surface area contributed by atoms with Gasteiger partial charge in [0.25, 0.3) is 0 Å². The van der Waals surface area contributed by atoms with Crippen molar-refractivity contribution in [3.63, 3.8) is 0 Å². The first-order chi connectivity index (χ1) is 5.60. The quantitative estimate of drug-likeness (QED) is 0.489. The van der Waals surface area contributed by atoms with Crippen molar-refractivity contribution in [3.05, 3.63) is 11.6 Å². The SMILES string of the molecule is CO[Si](CC=C(C)C)(OC)OC. The third kappa shape index (κ3) is 3.49. The standard InChI is InChI=1S/C8H18O3Si/c1-8(2)6-7-12(9-3,10-4)11-5/h6H,7H2,1-5H3. The maximum absolute atomic E-state index is 5.24. The summed E-state index contributed by atoms with van der Waals surface area (Å²) >= 11 is 0.